The van der Waals surface area contributed by atoms with Crippen LogP contribution in [-0.2, 0) is 9.59 Å². The van der Waals surface area contributed by atoms with E-state index in [2.05, 4.69) is 6.07 Å². The van der Waals surface area contributed by atoms with E-state index in [1.54, 1.807) is 6.07 Å². The molecule has 4 aromatic carbocycles. The van der Waals surface area contributed by atoms with Crippen LogP contribution in [0.25, 0.3) is 37.9 Å². The summed E-state index contributed by atoms with van der Waals surface area (Å²) in [6.07, 6.45) is 0.967. The molecule has 0 saturated carbocycles. The molecule has 0 aliphatic rings. The molecule has 4 nitrogen and oxygen atoms in total. The van der Waals surface area contributed by atoms with Gasteiger partial charge in [0.2, 0.25) is 5.91 Å². The van der Waals surface area contributed by atoms with Gasteiger partial charge in [0.25, 0.3) is 0 Å². The fraction of sp³-hybridized carbons (Fsp3) is 0. The second kappa shape index (κ2) is 5.06. The smallest absolute Gasteiger partial charge is 0.336 e. The van der Waals surface area contributed by atoms with Crippen molar-refractivity contribution in [1.29, 1.82) is 0 Å². The molecule has 0 aliphatic carbocycles. The summed E-state index contributed by atoms with van der Waals surface area (Å²) in [5.74, 6) is -1.96. The molecular weight excluding hydrogens is 302 g/mol. The van der Waals surface area contributed by atoms with E-state index in [-0.39, 0.29) is 5.57 Å². The molecule has 4 rings (SSSR count). The number of carbonyl (C=O) groups is 2. The van der Waals surface area contributed by atoms with Gasteiger partial charge in [-0.3, -0.25) is 4.79 Å². The van der Waals surface area contributed by atoms with Crippen LogP contribution in [0.3, 0.4) is 0 Å². The van der Waals surface area contributed by atoms with Crippen molar-refractivity contribution in [3.8, 4) is 0 Å². The summed E-state index contributed by atoms with van der Waals surface area (Å²) in [6.45, 7) is 0. The molecule has 0 fully saturated rings. The SMILES string of the molecule is NC(=O)C=C(C(=O)O)c1ccc2ccc3cccc4ccc1c2c34. The number of carboxylic acids is 1. The van der Waals surface area contributed by atoms with Gasteiger partial charge in [-0.25, -0.2) is 4.79 Å². The number of rotatable bonds is 3. The molecule has 0 atom stereocenters. The minimum atomic E-state index is -1.18. The van der Waals surface area contributed by atoms with Crippen LogP contribution in [0, 0.1) is 0 Å². The van der Waals surface area contributed by atoms with E-state index >= 15 is 0 Å². The minimum absolute atomic E-state index is 0.0968. The third kappa shape index (κ3) is 2.01. The van der Waals surface area contributed by atoms with Crippen molar-refractivity contribution in [3.05, 3.63) is 66.2 Å². The molecule has 4 aromatic rings. The van der Waals surface area contributed by atoms with Crippen LogP contribution in [0.2, 0.25) is 0 Å². The van der Waals surface area contributed by atoms with Crippen LogP contribution < -0.4 is 5.73 Å². The van der Waals surface area contributed by atoms with Gasteiger partial charge in [0, 0.05) is 6.08 Å². The summed E-state index contributed by atoms with van der Waals surface area (Å²) in [5.41, 5.74) is 5.57. The Morgan fingerprint density at radius 2 is 1.42 bits per heavy atom. The van der Waals surface area contributed by atoms with Crippen molar-refractivity contribution < 1.29 is 14.7 Å². The molecule has 1 amide bonds. The van der Waals surface area contributed by atoms with Crippen LogP contribution in [0.5, 0.6) is 0 Å². The number of hydrogen-bond donors (Lipinski definition) is 2. The fourth-order valence-corrected chi connectivity index (χ4v) is 3.37. The molecule has 4 heteroatoms. The Morgan fingerprint density at radius 1 is 0.833 bits per heavy atom. The van der Waals surface area contributed by atoms with Gasteiger partial charge in [-0.15, -0.1) is 0 Å². The molecule has 0 aliphatic heterocycles. The standard InChI is InChI=1S/C20H13NO3/c21-17(22)10-16(20(23)24)14-8-6-13-5-4-11-2-1-3-12-7-9-15(14)19(13)18(11)12/h1-10H,(H2,21,22)(H,23,24). The van der Waals surface area contributed by atoms with Crippen molar-refractivity contribution >= 4 is 49.8 Å². The topological polar surface area (TPSA) is 80.4 Å². The maximum atomic E-state index is 11.6. The highest BCUT2D eigenvalue weighted by molar-refractivity contribution is 6.29. The molecule has 0 radical (unpaired) electrons. The van der Waals surface area contributed by atoms with Crippen molar-refractivity contribution in [2.75, 3.05) is 0 Å². The Hall–Kier alpha value is -3.40. The number of nitrogens with two attached hydrogens (primary N) is 1. The maximum Gasteiger partial charge on any atom is 0.336 e. The molecule has 3 N–H and O–H groups in total. The summed E-state index contributed by atoms with van der Waals surface area (Å²) >= 11 is 0. The van der Waals surface area contributed by atoms with E-state index in [4.69, 9.17) is 5.73 Å². The van der Waals surface area contributed by atoms with Gasteiger partial charge in [0.15, 0.2) is 0 Å². The lowest BCUT2D eigenvalue weighted by Crippen LogP contribution is -2.10. The normalized spacial score (nSPS) is 12.2. The van der Waals surface area contributed by atoms with E-state index in [9.17, 15) is 14.7 Å². The Morgan fingerprint density at radius 3 is 2.04 bits per heavy atom. The molecule has 0 bridgehead atoms. The molecule has 0 unspecified atom stereocenters. The quantitative estimate of drug-likeness (QED) is 0.448. The van der Waals surface area contributed by atoms with Gasteiger partial charge < -0.3 is 10.8 Å². The zero-order valence-electron chi connectivity index (χ0n) is 12.6. The first-order valence-electron chi connectivity index (χ1n) is 7.47. The fourth-order valence-electron chi connectivity index (χ4n) is 3.37. The largest absolute Gasteiger partial charge is 0.478 e. The Balaban J connectivity index is 2.19. The molecule has 0 saturated heterocycles. The van der Waals surface area contributed by atoms with E-state index in [1.165, 1.54) is 0 Å². The molecule has 0 heterocycles. The third-order valence-corrected chi connectivity index (χ3v) is 4.34. The molecule has 0 aromatic heterocycles. The number of benzene rings is 4. The second-order valence-electron chi connectivity index (χ2n) is 5.73. The predicted molar refractivity (Wildman–Crippen MR) is 95.0 cm³/mol. The van der Waals surface area contributed by atoms with Gasteiger partial charge in [-0.1, -0.05) is 54.6 Å². The maximum absolute atomic E-state index is 11.6. The Kier molecular flexibility index (Phi) is 3.00. The van der Waals surface area contributed by atoms with E-state index in [0.717, 1.165) is 38.4 Å². The number of hydrogen-bond acceptors (Lipinski definition) is 2. The number of carbonyl (C=O) groups excluding carboxylic acids is 1. The highest BCUT2D eigenvalue weighted by Gasteiger charge is 2.17. The zero-order valence-corrected chi connectivity index (χ0v) is 12.6. The van der Waals surface area contributed by atoms with Gasteiger partial charge in [0.1, 0.15) is 0 Å². The molecule has 116 valence electrons. The first-order valence-corrected chi connectivity index (χ1v) is 7.47. The second-order valence-corrected chi connectivity index (χ2v) is 5.73. The van der Waals surface area contributed by atoms with E-state index < -0.39 is 11.9 Å². The number of primary amides is 1. The average Bonchev–Trinajstić information content (AvgIpc) is 2.57. The summed E-state index contributed by atoms with van der Waals surface area (Å²) in [4.78, 5) is 22.9. The first-order chi connectivity index (χ1) is 11.6. The van der Waals surface area contributed by atoms with Gasteiger partial charge in [0.05, 0.1) is 5.57 Å². The molecule has 24 heavy (non-hydrogen) atoms. The summed E-state index contributed by atoms with van der Waals surface area (Å²) in [6, 6.07) is 17.6. The van der Waals surface area contributed by atoms with E-state index in [0.29, 0.717) is 5.56 Å². The highest BCUT2D eigenvalue weighted by Crippen LogP contribution is 2.37. The van der Waals surface area contributed by atoms with Crippen molar-refractivity contribution in [3.63, 3.8) is 0 Å². The van der Waals surface area contributed by atoms with Crippen LogP contribution >= 0.6 is 0 Å². The monoisotopic (exact) mass is 315 g/mol. The Bertz CT molecular complexity index is 1140. The molecular formula is C20H13NO3. The van der Waals surface area contributed by atoms with Crippen molar-refractivity contribution in [2.24, 2.45) is 5.73 Å². The van der Waals surface area contributed by atoms with Gasteiger partial charge in [-0.05, 0) is 37.9 Å². The van der Waals surface area contributed by atoms with Crippen LogP contribution in [0.1, 0.15) is 5.56 Å². The summed E-state index contributed by atoms with van der Waals surface area (Å²) in [7, 11) is 0. The zero-order chi connectivity index (χ0) is 16.8. The number of amides is 1. The first kappa shape index (κ1) is 14.2. The summed E-state index contributed by atoms with van der Waals surface area (Å²) in [5, 5.41) is 15.6. The van der Waals surface area contributed by atoms with Crippen LogP contribution in [-0.4, -0.2) is 17.0 Å². The van der Waals surface area contributed by atoms with Gasteiger partial charge in [-0.2, -0.15) is 0 Å². The van der Waals surface area contributed by atoms with Crippen LogP contribution in [0.15, 0.2) is 60.7 Å². The van der Waals surface area contributed by atoms with Crippen molar-refractivity contribution in [2.45, 2.75) is 0 Å². The molecule has 0 spiro atoms. The number of carboxylic acid groups (broad SMARTS) is 1. The highest BCUT2D eigenvalue weighted by atomic mass is 16.4. The lowest BCUT2D eigenvalue weighted by atomic mass is 9.89. The predicted octanol–water partition coefficient (Wildman–Crippen LogP) is 3.54. The lowest BCUT2D eigenvalue weighted by molar-refractivity contribution is -0.130. The Labute approximate surface area is 137 Å². The summed E-state index contributed by atoms with van der Waals surface area (Å²) < 4.78 is 0. The third-order valence-electron chi connectivity index (χ3n) is 4.34. The van der Waals surface area contributed by atoms with Crippen LogP contribution in [0.4, 0.5) is 0 Å². The minimum Gasteiger partial charge on any atom is -0.478 e. The van der Waals surface area contributed by atoms with E-state index in [1.807, 2.05) is 42.5 Å². The van der Waals surface area contributed by atoms with Crippen molar-refractivity contribution in [1.82, 2.24) is 0 Å². The average molecular weight is 315 g/mol. The lowest BCUT2D eigenvalue weighted by Gasteiger charge is -2.14. The van der Waals surface area contributed by atoms with Gasteiger partial charge >= 0.3 is 5.97 Å². The number of aliphatic carboxylic acids is 1.